The Hall–Kier alpha value is -0.930. The first-order valence-corrected chi connectivity index (χ1v) is 5.80. The summed E-state index contributed by atoms with van der Waals surface area (Å²) in [5, 5.41) is 9.32. The molecule has 0 amide bonds. The fraction of sp³-hybridized carbons (Fsp3) is 0.538. The van der Waals surface area contributed by atoms with E-state index in [0.717, 1.165) is 25.1 Å². The van der Waals surface area contributed by atoms with Gasteiger partial charge in [0.1, 0.15) is 5.82 Å². The average Bonchev–Trinajstić information content (AvgIpc) is 2.59. The van der Waals surface area contributed by atoms with E-state index in [9.17, 15) is 9.50 Å². The van der Waals surface area contributed by atoms with Crippen molar-refractivity contribution in [2.45, 2.75) is 25.9 Å². The number of benzene rings is 1. The molecular weight excluding hydrogens is 205 g/mol. The maximum Gasteiger partial charge on any atom is 0.123 e. The van der Waals surface area contributed by atoms with Crippen LogP contribution in [0.1, 0.15) is 18.9 Å². The van der Waals surface area contributed by atoms with E-state index < -0.39 is 0 Å². The third-order valence-corrected chi connectivity index (χ3v) is 3.46. The first-order chi connectivity index (χ1) is 7.70. The van der Waals surface area contributed by atoms with Crippen LogP contribution in [0.3, 0.4) is 0 Å². The van der Waals surface area contributed by atoms with Crippen molar-refractivity contribution in [2.75, 3.05) is 13.2 Å². The van der Waals surface area contributed by atoms with Crippen LogP contribution in [0, 0.1) is 11.7 Å². The van der Waals surface area contributed by atoms with Gasteiger partial charge in [0.2, 0.25) is 0 Å². The van der Waals surface area contributed by atoms with Crippen LogP contribution in [0.25, 0.3) is 0 Å². The van der Waals surface area contributed by atoms with E-state index in [1.165, 1.54) is 6.07 Å². The van der Waals surface area contributed by atoms with Crippen molar-refractivity contribution in [3.05, 3.63) is 35.6 Å². The summed E-state index contributed by atoms with van der Waals surface area (Å²) in [5.74, 6) is 0.337. The molecule has 88 valence electrons. The van der Waals surface area contributed by atoms with Crippen molar-refractivity contribution >= 4 is 0 Å². The van der Waals surface area contributed by atoms with Crippen LogP contribution in [-0.4, -0.2) is 29.2 Å². The van der Waals surface area contributed by atoms with E-state index in [4.69, 9.17) is 0 Å². The summed E-state index contributed by atoms with van der Waals surface area (Å²) in [7, 11) is 0. The number of aliphatic hydroxyl groups is 1. The van der Waals surface area contributed by atoms with Gasteiger partial charge in [0.15, 0.2) is 0 Å². The van der Waals surface area contributed by atoms with E-state index in [2.05, 4.69) is 11.8 Å². The minimum atomic E-state index is -0.190. The second-order valence-electron chi connectivity index (χ2n) is 4.62. The molecule has 1 fully saturated rings. The lowest BCUT2D eigenvalue weighted by Crippen LogP contribution is -2.34. The fourth-order valence-electron chi connectivity index (χ4n) is 2.45. The van der Waals surface area contributed by atoms with Crippen LogP contribution in [0.15, 0.2) is 24.3 Å². The lowest BCUT2D eigenvalue weighted by molar-refractivity contribution is 0.134. The lowest BCUT2D eigenvalue weighted by atomic mass is 10.0. The maximum absolute atomic E-state index is 13.0. The first-order valence-electron chi connectivity index (χ1n) is 5.80. The van der Waals surface area contributed by atoms with Crippen molar-refractivity contribution < 1.29 is 9.50 Å². The monoisotopic (exact) mass is 223 g/mol. The smallest absolute Gasteiger partial charge is 0.123 e. The molecule has 2 rings (SSSR count). The zero-order valence-corrected chi connectivity index (χ0v) is 9.56. The molecule has 0 saturated carbocycles. The first kappa shape index (κ1) is 11.6. The molecule has 3 heteroatoms. The zero-order valence-electron chi connectivity index (χ0n) is 9.56. The van der Waals surface area contributed by atoms with Gasteiger partial charge in [-0.15, -0.1) is 0 Å². The van der Waals surface area contributed by atoms with E-state index in [-0.39, 0.29) is 18.5 Å². The number of likely N-dealkylation sites (tertiary alicyclic amines) is 1. The maximum atomic E-state index is 13.0. The number of aliphatic hydroxyl groups excluding tert-OH is 1. The van der Waals surface area contributed by atoms with Gasteiger partial charge in [0.05, 0.1) is 6.61 Å². The highest BCUT2D eigenvalue weighted by molar-refractivity contribution is 5.16. The fourth-order valence-corrected chi connectivity index (χ4v) is 2.45. The molecule has 1 aliphatic rings. The summed E-state index contributed by atoms with van der Waals surface area (Å²) in [6, 6.07) is 6.92. The Labute approximate surface area is 95.7 Å². The summed E-state index contributed by atoms with van der Waals surface area (Å²) in [4.78, 5) is 2.24. The molecule has 1 heterocycles. The van der Waals surface area contributed by atoms with Crippen LogP contribution in [0.5, 0.6) is 0 Å². The van der Waals surface area contributed by atoms with Gasteiger partial charge < -0.3 is 5.11 Å². The molecule has 2 unspecified atom stereocenters. The van der Waals surface area contributed by atoms with Crippen molar-refractivity contribution in [2.24, 2.45) is 5.92 Å². The third kappa shape index (κ3) is 2.42. The van der Waals surface area contributed by atoms with Gasteiger partial charge >= 0.3 is 0 Å². The molecule has 2 atom stereocenters. The Kier molecular flexibility index (Phi) is 3.56. The Morgan fingerprint density at radius 2 is 2.31 bits per heavy atom. The molecule has 1 N–H and O–H groups in total. The molecule has 1 aromatic carbocycles. The lowest BCUT2D eigenvalue weighted by Gasteiger charge is -2.24. The molecule has 1 aromatic rings. The van der Waals surface area contributed by atoms with Crippen LogP contribution >= 0.6 is 0 Å². The molecular formula is C13H18FNO. The summed E-state index contributed by atoms with van der Waals surface area (Å²) in [5.41, 5.74) is 0.979. The quantitative estimate of drug-likeness (QED) is 0.847. The molecule has 0 radical (unpaired) electrons. The van der Waals surface area contributed by atoms with Crippen molar-refractivity contribution in [1.82, 2.24) is 4.90 Å². The van der Waals surface area contributed by atoms with Gasteiger partial charge in [-0.25, -0.2) is 4.39 Å². The van der Waals surface area contributed by atoms with Crippen LogP contribution in [-0.2, 0) is 6.54 Å². The summed E-state index contributed by atoms with van der Waals surface area (Å²) >= 11 is 0. The number of halogens is 1. The largest absolute Gasteiger partial charge is 0.395 e. The molecule has 16 heavy (non-hydrogen) atoms. The topological polar surface area (TPSA) is 23.5 Å². The standard InChI is InChI=1S/C13H18FNO/c1-10-5-6-15(13(10)9-16)8-11-3-2-4-12(14)7-11/h2-4,7,10,13,16H,5-6,8-9H2,1H3. The number of hydrogen-bond acceptors (Lipinski definition) is 2. The Bertz CT molecular complexity index is 356. The van der Waals surface area contributed by atoms with Gasteiger partial charge in [-0.05, 0) is 36.6 Å². The normalized spacial score (nSPS) is 26.2. The summed E-state index contributed by atoms with van der Waals surface area (Å²) in [6.45, 7) is 4.07. The Morgan fingerprint density at radius 3 is 3.00 bits per heavy atom. The highest BCUT2D eigenvalue weighted by atomic mass is 19.1. The molecule has 0 bridgehead atoms. The van der Waals surface area contributed by atoms with E-state index in [1.54, 1.807) is 12.1 Å². The van der Waals surface area contributed by atoms with Crippen molar-refractivity contribution in [1.29, 1.82) is 0 Å². The van der Waals surface area contributed by atoms with Crippen LogP contribution in [0.2, 0.25) is 0 Å². The number of rotatable bonds is 3. The summed E-state index contributed by atoms with van der Waals surface area (Å²) < 4.78 is 13.0. The molecule has 1 aliphatic heterocycles. The average molecular weight is 223 g/mol. The van der Waals surface area contributed by atoms with E-state index in [1.807, 2.05) is 6.07 Å². The zero-order chi connectivity index (χ0) is 11.5. The van der Waals surface area contributed by atoms with E-state index >= 15 is 0 Å². The van der Waals surface area contributed by atoms with Gasteiger partial charge in [-0.2, -0.15) is 0 Å². The third-order valence-electron chi connectivity index (χ3n) is 3.46. The number of hydrogen-bond donors (Lipinski definition) is 1. The minimum absolute atomic E-state index is 0.190. The molecule has 0 aromatic heterocycles. The van der Waals surface area contributed by atoms with Gasteiger partial charge in [-0.3, -0.25) is 4.90 Å². The second kappa shape index (κ2) is 4.93. The molecule has 0 aliphatic carbocycles. The van der Waals surface area contributed by atoms with Gasteiger partial charge in [0.25, 0.3) is 0 Å². The predicted octanol–water partition coefficient (Wildman–Crippen LogP) is 2.03. The highest BCUT2D eigenvalue weighted by Crippen LogP contribution is 2.25. The van der Waals surface area contributed by atoms with Crippen molar-refractivity contribution in [3.63, 3.8) is 0 Å². The van der Waals surface area contributed by atoms with Gasteiger partial charge in [-0.1, -0.05) is 19.1 Å². The number of nitrogens with zero attached hydrogens (tertiary/aromatic N) is 1. The molecule has 0 spiro atoms. The van der Waals surface area contributed by atoms with E-state index in [0.29, 0.717) is 5.92 Å². The molecule has 2 nitrogen and oxygen atoms in total. The van der Waals surface area contributed by atoms with Gasteiger partial charge in [0, 0.05) is 12.6 Å². The Morgan fingerprint density at radius 1 is 1.50 bits per heavy atom. The minimum Gasteiger partial charge on any atom is -0.395 e. The SMILES string of the molecule is CC1CCN(Cc2cccc(F)c2)C1CO. The highest BCUT2D eigenvalue weighted by Gasteiger charge is 2.30. The molecule has 1 saturated heterocycles. The second-order valence-corrected chi connectivity index (χ2v) is 4.62. The summed E-state index contributed by atoms with van der Waals surface area (Å²) in [6.07, 6.45) is 1.11. The Balaban J connectivity index is 2.04. The van der Waals surface area contributed by atoms with Crippen LogP contribution in [0.4, 0.5) is 4.39 Å². The van der Waals surface area contributed by atoms with Crippen LogP contribution < -0.4 is 0 Å². The van der Waals surface area contributed by atoms with Crippen molar-refractivity contribution in [3.8, 4) is 0 Å². The predicted molar refractivity (Wildman–Crippen MR) is 61.5 cm³/mol.